The minimum absolute atomic E-state index is 0.155. The van der Waals surface area contributed by atoms with Crippen LogP contribution >= 0.6 is 22.9 Å². The fourth-order valence-electron chi connectivity index (χ4n) is 2.53. The van der Waals surface area contributed by atoms with Crippen molar-refractivity contribution >= 4 is 34.0 Å². The number of rotatable bonds is 4. The van der Waals surface area contributed by atoms with Gasteiger partial charge in [-0.1, -0.05) is 6.07 Å². The van der Waals surface area contributed by atoms with Crippen LogP contribution < -0.4 is 10.3 Å². The molecule has 0 N–H and O–H groups in total. The average molecular weight is 348 g/mol. The highest BCUT2D eigenvalue weighted by molar-refractivity contribution is 7.13. The Morgan fingerprint density at radius 3 is 3.00 bits per heavy atom. The molecule has 0 atom stereocenters. The van der Waals surface area contributed by atoms with Gasteiger partial charge in [0.15, 0.2) is 5.75 Å². The Bertz CT molecular complexity index is 933. The topological polar surface area (TPSA) is 57.0 Å². The van der Waals surface area contributed by atoms with Gasteiger partial charge in [-0.2, -0.15) is 0 Å². The molecule has 0 bridgehead atoms. The Morgan fingerprint density at radius 1 is 1.48 bits per heavy atom. The summed E-state index contributed by atoms with van der Waals surface area (Å²) in [6, 6.07) is 3.90. The summed E-state index contributed by atoms with van der Waals surface area (Å²) >= 11 is 7.53. The second-order valence-electron chi connectivity index (χ2n) is 5.67. The summed E-state index contributed by atoms with van der Waals surface area (Å²) in [5.41, 5.74) is 1.82. The van der Waals surface area contributed by atoms with E-state index in [1.165, 1.54) is 4.57 Å². The molecule has 0 amide bonds. The van der Waals surface area contributed by atoms with Crippen molar-refractivity contribution < 1.29 is 4.74 Å². The van der Waals surface area contributed by atoms with Crippen LogP contribution in [0.25, 0.3) is 21.5 Å². The number of halogens is 1. The van der Waals surface area contributed by atoms with Gasteiger partial charge >= 0.3 is 0 Å². The van der Waals surface area contributed by atoms with E-state index in [1.807, 2.05) is 17.5 Å². The van der Waals surface area contributed by atoms with Gasteiger partial charge in [0.1, 0.15) is 5.52 Å². The van der Waals surface area contributed by atoms with Crippen LogP contribution in [0.4, 0.5) is 0 Å². The number of nitrogens with zero attached hydrogens (tertiary/aromatic N) is 3. The van der Waals surface area contributed by atoms with Crippen molar-refractivity contribution in [2.45, 2.75) is 12.8 Å². The van der Waals surface area contributed by atoms with Gasteiger partial charge in [-0.15, -0.1) is 11.3 Å². The van der Waals surface area contributed by atoms with E-state index in [4.69, 9.17) is 16.3 Å². The molecule has 0 spiro atoms. The molecule has 0 saturated heterocycles. The van der Waals surface area contributed by atoms with Gasteiger partial charge < -0.3 is 9.30 Å². The first-order valence-electron chi connectivity index (χ1n) is 7.37. The van der Waals surface area contributed by atoms with Gasteiger partial charge in [0.05, 0.1) is 23.9 Å². The maximum Gasteiger partial charge on any atom is 0.293 e. The number of hydrogen-bond acceptors (Lipinski definition) is 5. The zero-order chi connectivity index (χ0) is 16.0. The maximum atomic E-state index is 12.8. The van der Waals surface area contributed by atoms with Crippen LogP contribution in [0.3, 0.4) is 0 Å². The van der Waals surface area contributed by atoms with Crippen LogP contribution in [-0.2, 0) is 7.05 Å². The van der Waals surface area contributed by atoms with Crippen molar-refractivity contribution in [2.24, 2.45) is 13.0 Å². The number of aromatic nitrogens is 3. The van der Waals surface area contributed by atoms with E-state index in [-0.39, 0.29) is 10.8 Å². The second kappa shape index (κ2) is 5.62. The maximum absolute atomic E-state index is 12.8. The van der Waals surface area contributed by atoms with Crippen molar-refractivity contribution in [1.82, 2.24) is 14.5 Å². The van der Waals surface area contributed by atoms with E-state index >= 15 is 0 Å². The van der Waals surface area contributed by atoms with E-state index < -0.39 is 0 Å². The Kier molecular flexibility index (Phi) is 3.58. The Labute approximate surface area is 141 Å². The van der Waals surface area contributed by atoms with Crippen molar-refractivity contribution in [1.29, 1.82) is 0 Å². The molecule has 0 radical (unpaired) electrons. The van der Waals surface area contributed by atoms with Crippen molar-refractivity contribution in [2.75, 3.05) is 6.61 Å². The molecule has 23 heavy (non-hydrogen) atoms. The number of fused-ring (bicyclic) bond motifs is 1. The van der Waals surface area contributed by atoms with Crippen LogP contribution in [0.15, 0.2) is 28.5 Å². The highest BCUT2D eigenvalue weighted by Crippen LogP contribution is 2.37. The van der Waals surface area contributed by atoms with Crippen molar-refractivity contribution in [3.05, 3.63) is 39.3 Å². The van der Waals surface area contributed by atoms with Gasteiger partial charge in [-0.25, -0.2) is 9.97 Å². The largest absolute Gasteiger partial charge is 0.487 e. The summed E-state index contributed by atoms with van der Waals surface area (Å²) in [7, 11) is 1.70. The highest BCUT2D eigenvalue weighted by atomic mass is 35.5. The van der Waals surface area contributed by atoms with Crippen molar-refractivity contribution in [3.8, 4) is 16.2 Å². The van der Waals surface area contributed by atoms with Crippen LogP contribution in [0.2, 0.25) is 5.28 Å². The fourth-order valence-corrected chi connectivity index (χ4v) is 3.43. The highest BCUT2D eigenvalue weighted by Gasteiger charge is 2.25. The first-order valence-corrected chi connectivity index (χ1v) is 8.63. The molecule has 1 saturated carbocycles. The van der Waals surface area contributed by atoms with E-state index in [0.29, 0.717) is 34.9 Å². The average Bonchev–Trinajstić information content (AvgIpc) is 3.22. The first-order chi connectivity index (χ1) is 11.1. The third-order valence-electron chi connectivity index (χ3n) is 3.99. The fraction of sp³-hybridized carbons (Fsp3) is 0.312. The smallest absolute Gasteiger partial charge is 0.293 e. The van der Waals surface area contributed by atoms with Crippen LogP contribution in [-0.4, -0.2) is 21.1 Å². The van der Waals surface area contributed by atoms with Crippen LogP contribution in [0, 0.1) is 5.92 Å². The van der Waals surface area contributed by atoms with Gasteiger partial charge in [0.2, 0.25) is 5.28 Å². The van der Waals surface area contributed by atoms with Gasteiger partial charge in [0.25, 0.3) is 5.56 Å². The van der Waals surface area contributed by atoms with Gasteiger partial charge in [-0.3, -0.25) is 4.79 Å². The molecule has 3 aromatic rings. The minimum Gasteiger partial charge on any atom is -0.487 e. The van der Waals surface area contributed by atoms with Crippen molar-refractivity contribution in [3.63, 3.8) is 0 Å². The second-order valence-corrected chi connectivity index (χ2v) is 6.96. The molecule has 0 aliphatic heterocycles. The lowest BCUT2D eigenvalue weighted by molar-refractivity contribution is 0.296. The summed E-state index contributed by atoms with van der Waals surface area (Å²) in [6.07, 6.45) is 3.90. The first kappa shape index (κ1) is 14.7. The monoisotopic (exact) mass is 347 g/mol. The van der Waals surface area contributed by atoms with E-state index in [2.05, 4.69) is 9.97 Å². The molecule has 5 nitrogen and oxygen atoms in total. The Morgan fingerprint density at radius 2 is 2.30 bits per heavy atom. The Balaban J connectivity index is 2.02. The summed E-state index contributed by atoms with van der Waals surface area (Å²) in [5.74, 6) is 0.907. The van der Waals surface area contributed by atoms with Crippen LogP contribution in [0.1, 0.15) is 12.8 Å². The SMILES string of the molecule is Cn1c(=O)c(OCC2CC2)c(-c2cccs2)c2nc(Cl)ncc21. The molecule has 3 heterocycles. The van der Waals surface area contributed by atoms with E-state index in [0.717, 1.165) is 17.7 Å². The number of pyridine rings is 1. The lowest BCUT2D eigenvalue weighted by Gasteiger charge is -2.14. The molecular weight excluding hydrogens is 334 g/mol. The molecule has 1 aliphatic carbocycles. The molecule has 3 aromatic heterocycles. The zero-order valence-corrected chi connectivity index (χ0v) is 14.0. The predicted molar refractivity (Wildman–Crippen MR) is 91.3 cm³/mol. The Hall–Kier alpha value is -1.92. The van der Waals surface area contributed by atoms with E-state index in [9.17, 15) is 4.79 Å². The minimum atomic E-state index is -0.174. The molecule has 1 fully saturated rings. The molecule has 0 unspecified atom stereocenters. The summed E-state index contributed by atoms with van der Waals surface area (Å²) in [5, 5.41) is 2.12. The zero-order valence-electron chi connectivity index (χ0n) is 12.5. The summed E-state index contributed by atoms with van der Waals surface area (Å²) < 4.78 is 7.43. The third-order valence-corrected chi connectivity index (χ3v) is 5.06. The number of hydrogen-bond donors (Lipinski definition) is 0. The number of ether oxygens (including phenoxy) is 1. The molecule has 4 rings (SSSR count). The number of aryl methyl sites for hydroxylation is 1. The molecule has 0 aromatic carbocycles. The van der Waals surface area contributed by atoms with Gasteiger partial charge in [-0.05, 0) is 41.8 Å². The quantitative estimate of drug-likeness (QED) is 0.678. The molecule has 7 heteroatoms. The summed E-state index contributed by atoms with van der Waals surface area (Å²) in [6.45, 7) is 0.567. The standard InChI is InChI=1S/C16H14ClN3O2S/c1-20-10-7-18-16(17)19-13(10)12(11-3-2-6-23-11)14(15(20)21)22-8-9-4-5-9/h2-3,6-7,9H,4-5,8H2,1H3. The molecule has 1 aliphatic rings. The molecule has 118 valence electrons. The van der Waals surface area contributed by atoms with E-state index in [1.54, 1.807) is 24.6 Å². The van der Waals surface area contributed by atoms with Gasteiger partial charge in [0, 0.05) is 11.9 Å². The molecular formula is C16H14ClN3O2S. The normalized spacial score (nSPS) is 14.3. The lowest BCUT2D eigenvalue weighted by atomic mass is 10.1. The van der Waals surface area contributed by atoms with Crippen LogP contribution in [0.5, 0.6) is 5.75 Å². The summed E-state index contributed by atoms with van der Waals surface area (Å²) in [4.78, 5) is 22.1. The lowest BCUT2D eigenvalue weighted by Crippen LogP contribution is -2.22. The number of thiophene rings is 1. The predicted octanol–water partition coefficient (Wildman–Crippen LogP) is 3.50. The third kappa shape index (κ3) is 2.62.